The highest BCUT2D eigenvalue weighted by Gasteiger charge is 2.33. The average Bonchev–Trinajstić information content (AvgIpc) is 3.66. The van der Waals surface area contributed by atoms with Crippen LogP contribution in [0.15, 0.2) is 42.7 Å². The number of fused-ring (bicyclic) bond motifs is 1. The van der Waals surface area contributed by atoms with Crippen molar-refractivity contribution in [2.75, 3.05) is 17.2 Å². The smallest absolute Gasteiger partial charge is 0.261 e. The highest BCUT2D eigenvalue weighted by Crippen LogP contribution is 2.42. The van der Waals surface area contributed by atoms with Crippen LogP contribution in [0.3, 0.4) is 0 Å². The number of hydrogen-bond donors (Lipinski definition) is 2. The molecule has 1 aliphatic carbocycles. The van der Waals surface area contributed by atoms with Crippen LogP contribution >= 0.6 is 0 Å². The molecule has 0 bridgehead atoms. The molecule has 2 aromatic carbocycles. The van der Waals surface area contributed by atoms with Crippen molar-refractivity contribution in [3.63, 3.8) is 0 Å². The van der Waals surface area contributed by atoms with E-state index in [-0.39, 0.29) is 24.2 Å². The predicted molar refractivity (Wildman–Crippen MR) is 145 cm³/mol. The molecular weight excluding hydrogens is 497 g/mol. The molecular formula is C29H30FN7O2. The van der Waals surface area contributed by atoms with Gasteiger partial charge in [-0.2, -0.15) is 15.1 Å². The van der Waals surface area contributed by atoms with Gasteiger partial charge in [0, 0.05) is 36.3 Å². The van der Waals surface area contributed by atoms with Gasteiger partial charge in [-0.05, 0) is 67.9 Å². The van der Waals surface area contributed by atoms with Crippen LogP contribution in [0, 0.1) is 5.82 Å². The van der Waals surface area contributed by atoms with Crippen LogP contribution in [-0.4, -0.2) is 42.3 Å². The van der Waals surface area contributed by atoms with Crippen molar-refractivity contribution in [2.24, 2.45) is 0 Å². The van der Waals surface area contributed by atoms with Gasteiger partial charge in [0.05, 0.1) is 24.1 Å². The van der Waals surface area contributed by atoms with Crippen LogP contribution < -0.4 is 10.6 Å². The van der Waals surface area contributed by atoms with Crippen molar-refractivity contribution in [1.82, 2.24) is 24.7 Å². The highest BCUT2D eigenvalue weighted by atomic mass is 19.1. The Hall–Kier alpha value is -4.18. The summed E-state index contributed by atoms with van der Waals surface area (Å²) in [6.07, 6.45) is 6.78. The Bertz CT molecular complexity index is 1580. The molecule has 0 spiro atoms. The Balaban J connectivity index is 1.34. The first-order valence-electron chi connectivity index (χ1n) is 13.2. The lowest BCUT2D eigenvalue weighted by Gasteiger charge is -2.31. The van der Waals surface area contributed by atoms with E-state index >= 15 is 4.39 Å². The topological polar surface area (TPSA) is 123 Å². The predicted octanol–water partition coefficient (Wildman–Crippen LogP) is 4.20. The number of rotatable bonds is 7. The maximum Gasteiger partial charge on any atom is 0.261 e. The number of aliphatic hydroxyl groups excluding tert-OH is 1. The number of carbonyl (C=O) groups is 1. The summed E-state index contributed by atoms with van der Waals surface area (Å²) in [6.45, 7) is 4.10. The van der Waals surface area contributed by atoms with E-state index in [1.807, 2.05) is 30.8 Å². The minimum Gasteiger partial charge on any atom is -0.392 e. The lowest BCUT2D eigenvalue weighted by atomic mass is 9.93. The molecule has 2 aromatic heterocycles. The monoisotopic (exact) mass is 527 g/mol. The quantitative estimate of drug-likeness (QED) is 0.369. The molecule has 1 saturated carbocycles. The van der Waals surface area contributed by atoms with Crippen molar-refractivity contribution < 1.29 is 14.3 Å². The number of aliphatic hydroxyl groups is 1. The van der Waals surface area contributed by atoms with Crippen molar-refractivity contribution in [3.05, 3.63) is 82.2 Å². The normalized spacial score (nSPS) is 15.2. The molecule has 1 fully saturated rings. The molecule has 6 rings (SSSR count). The SMILES string of the molecule is CC(C)n1cc(Cc2nc(N)nc(-c3cccc(N4CCc5cc(C6CC6)cc(F)c5C4=O)c3CO)n2)cn1. The van der Waals surface area contributed by atoms with Crippen LogP contribution in [0.1, 0.15) is 77.1 Å². The molecule has 4 aromatic rings. The third kappa shape index (κ3) is 4.76. The van der Waals surface area contributed by atoms with Gasteiger partial charge in [0.2, 0.25) is 5.95 Å². The summed E-state index contributed by atoms with van der Waals surface area (Å²) in [5.74, 6) is 0.315. The Morgan fingerprint density at radius 2 is 2.00 bits per heavy atom. The number of benzene rings is 2. The zero-order valence-corrected chi connectivity index (χ0v) is 21.9. The standard InChI is InChI=1S/C29H30FN7O2/c1-16(2)37-14-17(13-32-37)10-25-33-27(35-29(31)34-25)21-4-3-5-24(22(21)15-38)36-9-8-19-11-20(18-6-7-18)12-23(30)26(19)28(36)39/h3-5,11-14,16,18,38H,6-10,15H2,1-2H3,(H2,31,33,34,35). The summed E-state index contributed by atoms with van der Waals surface area (Å²) in [5, 5.41) is 14.8. The zero-order chi connectivity index (χ0) is 27.3. The fraction of sp³-hybridized carbons (Fsp3) is 0.345. The number of amides is 1. The van der Waals surface area contributed by atoms with Gasteiger partial charge in [0.15, 0.2) is 5.82 Å². The van der Waals surface area contributed by atoms with Crippen molar-refractivity contribution >= 4 is 17.5 Å². The largest absolute Gasteiger partial charge is 0.392 e. The molecule has 3 heterocycles. The average molecular weight is 528 g/mol. The van der Waals surface area contributed by atoms with Crippen molar-refractivity contribution in [3.8, 4) is 11.4 Å². The van der Waals surface area contributed by atoms with Gasteiger partial charge in [-0.15, -0.1) is 0 Å². The van der Waals surface area contributed by atoms with Gasteiger partial charge in [-0.1, -0.05) is 18.2 Å². The van der Waals surface area contributed by atoms with Crippen molar-refractivity contribution in [2.45, 2.75) is 58.1 Å². The lowest BCUT2D eigenvalue weighted by molar-refractivity contribution is 0.0976. The van der Waals surface area contributed by atoms with Gasteiger partial charge in [-0.3, -0.25) is 9.48 Å². The Kier molecular flexibility index (Phi) is 6.34. The van der Waals surface area contributed by atoms with Crippen LogP contribution in [0.2, 0.25) is 0 Å². The molecule has 0 radical (unpaired) electrons. The molecule has 10 heteroatoms. The van der Waals surface area contributed by atoms with E-state index in [0.717, 1.165) is 29.5 Å². The van der Waals surface area contributed by atoms with E-state index in [1.165, 1.54) is 11.0 Å². The maximum absolute atomic E-state index is 15.2. The van der Waals surface area contributed by atoms with Crippen LogP contribution in [0.5, 0.6) is 0 Å². The molecule has 1 aliphatic heterocycles. The summed E-state index contributed by atoms with van der Waals surface area (Å²) < 4.78 is 17.0. The Morgan fingerprint density at radius 1 is 1.18 bits per heavy atom. The van der Waals surface area contributed by atoms with Gasteiger partial charge in [-0.25, -0.2) is 9.37 Å². The number of hydrogen-bond acceptors (Lipinski definition) is 7. The number of nitrogen functional groups attached to an aromatic ring is 1. The Labute approximate surface area is 225 Å². The minimum absolute atomic E-state index is 0.0528. The number of nitrogens with two attached hydrogens (primary N) is 1. The second-order valence-electron chi connectivity index (χ2n) is 10.5. The first kappa shape index (κ1) is 25.1. The van der Waals surface area contributed by atoms with Gasteiger partial charge < -0.3 is 15.7 Å². The number of carbonyl (C=O) groups excluding carboxylic acids is 1. The Morgan fingerprint density at radius 3 is 2.72 bits per heavy atom. The molecule has 1 amide bonds. The molecule has 3 N–H and O–H groups in total. The molecule has 2 aliphatic rings. The third-order valence-electron chi connectivity index (χ3n) is 7.39. The van der Waals surface area contributed by atoms with E-state index in [1.54, 1.807) is 24.4 Å². The lowest BCUT2D eigenvalue weighted by Crippen LogP contribution is -2.39. The maximum atomic E-state index is 15.2. The van der Waals surface area contributed by atoms with E-state index < -0.39 is 11.7 Å². The van der Waals surface area contributed by atoms with Crippen LogP contribution in [0.4, 0.5) is 16.0 Å². The van der Waals surface area contributed by atoms with Gasteiger partial charge in [0.1, 0.15) is 11.6 Å². The van der Waals surface area contributed by atoms with E-state index in [4.69, 9.17) is 5.73 Å². The fourth-order valence-corrected chi connectivity index (χ4v) is 5.25. The number of nitrogens with zero attached hydrogens (tertiary/aromatic N) is 6. The van der Waals surface area contributed by atoms with Gasteiger partial charge in [0.25, 0.3) is 5.91 Å². The number of halogens is 1. The summed E-state index contributed by atoms with van der Waals surface area (Å²) in [4.78, 5) is 28.3. The summed E-state index contributed by atoms with van der Waals surface area (Å²) >= 11 is 0. The fourth-order valence-electron chi connectivity index (χ4n) is 5.25. The van der Waals surface area contributed by atoms with Crippen LogP contribution in [0.25, 0.3) is 11.4 Å². The first-order valence-corrected chi connectivity index (χ1v) is 13.2. The molecule has 200 valence electrons. The van der Waals surface area contributed by atoms with E-state index in [0.29, 0.717) is 53.8 Å². The summed E-state index contributed by atoms with van der Waals surface area (Å²) in [5.41, 5.74) is 10.3. The molecule has 0 saturated heterocycles. The number of aromatic nitrogens is 5. The van der Waals surface area contributed by atoms with Crippen molar-refractivity contribution in [1.29, 1.82) is 0 Å². The first-order chi connectivity index (χ1) is 18.8. The second-order valence-corrected chi connectivity index (χ2v) is 10.5. The number of anilines is 2. The summed E-state index contributed by atoms with van der Waals surface area (Å²) in [7, 11) is 0. The second kappa shape index (κ2) is 9.85. The van der Waals surface area contributed by atoms with Gasteiger partial charge >= 0.3 is 0 Å². The molecule has 39 heavy (non-hydrogen) atoms. The zero-order valence-electron chi connectivity index (χ0n) is 21.9. The van der Waals surface area contributed by atoms with Crippen LogP contribution in [-0.2, 0) is 19.4 Å². The molecule has 0 unspecified atom stereocenters. The molecule has 9 nitrogen and oxygen atoms in total. The van der Waals surface area contributed by atoms with E-state index in [2.05, 4.69) is 20.1 Å². The third-order valence-corrected chi connectivity index (χ3v) is 7.39. The minimum atomic E-state index is -0.485. The highest BCUT2D eigenvalue weighted by molar-refractivity contribution is 6.09. The molecule has 0 atom stereocenters. The van der Waals surface area contributed by atoms with E-state index in [9.17, 15) is 9.90 Å². The summed E-state index contributed by atoms with van der Waals surface area (Å²) in [6, 6.07) is 9.00.